The number of carbonyl (C=O) groups is 1. The van der Waals surface area contributed by atoms with Crippen molar-refractivity contribution in [2.75, 3.05) is 0 Å². The largest absolute Gasteiger partial charge is 0.508 e. The molecule has 1 aromatic rings. The number of hydrogen-bond donors (Lipinski definition) is 2. The topological polar surface area (TPSA) is 57.5 Å². The summed E-state index contributed by atoms with van der Waals surface area (Å²) in [4.78, 5) is 11.0. The first-order valence-corrected chi connectivity index (χ1v) is 4.54. The Kier molecular flexibility index (Phi) is 3.12. The average Bonchev–Trinajstić information content (AvgIpc) is 2.07. The highest BCUT2D eigenvalue weighted by Gasteiger charge is 2.23. The first-order valence-electron chi connectivity index (χ1n) is 4.54. The van der Waals surface area contributed by atoms with Crippen molar-refractivity contribution in [2.45, 2.75) is 19.8 Å². The summed E-state index contributed by atoms with van der Waals surface area (Å²) in [7, 11) is 0. The number of benzene rings is 1. The summed E-state index contributed by atoms with van der Waals surface area (Å²) >= 11 is 0. The van der Waals surface area contributed by atoms with E-state index in [1.54, 1.807) is 12.1 Å². The highest BCUT2D eigenvalue weighted by Crippen LogP contribution is 2.25. The third-order valence-electron chi connectivity index (χ3n) is 2.18. The van der Waals surface area contributed by atoms with E-state index in [0.29, 0.717) is 0 Å². The fraction of sp³-hybridized carbons (Fsp3) is 0.364. The summed E-state index contributed by atoms with van der Waals surface area (Å²) in [6.07, 6.45) is 0. The number of hydrogen-bond acceptors (Lipinski definition) is 2. The first kappa shape index (κ1) is 10.6. The summed E-state index contributed by atoms with van der Waals surface area (Å²) in [5, 5.41) is 18.1. The normalized spacial score (nSPS) is 12.8. The van der Waals surface area contributed by atoms with Crippen LogP contribution in [0.5, 0.6) is 5.75 Å². The van der Waals surface area contributed by atoms with Crippen molar-refractivity contribution in [2.24, 2.45) is 5.92 Å². The van der Waals surface area contributed by atoms with Gasteiger partial charge in [-0.2, -0.15) is 0 Å². The van der Waals surface area contributed by atoms with Gasteiger partial charge in [-0.3, -0.25) is 4.79 Å². The zero-order chi connectivity index (χ0) is 10.7. The summed E-state index contributed by atoms with van der Waals surface area (Å²) in [6, 6.07) is 6.31. The molecule has 3 heteroatoms. The quantitative estimate of drug-likeness (QED) is 0.775. The molecule has 14 heavy (non-hydrogen) atoms. The van der Waals surface area contributed by atoms with Crippen LogP contribution in [0.3, 0.4) is 0 Å². The van der Waals surface area contributed by atoms with Crippen LogP contribution in [0.1, 0.15) is 25.3 Å². The molecule has 2 N–H and O–H groups in total. The van der Waals surface area contributed by atoms with Crippen LogP contribution in [0.15, 0.2) is 24.3 Å². The second kappa shape index (κ2) is 4.13. The number of carboxylic acids is 1. The van der Waals surface area contributed by atoms with E-state index in [1.807, 2.05) is 13.8 Å². The van der Waals surface area contributed by atoms with E-state index in [9.17, 15) is 4.79 Å². The first-order chi connectivity index (χ1) is 6.52. The molecule has 0 saturated heterocycles. The van der Waals surface area contributed by atoms with Crippen LogP contribution in [-0.2, 0) is 4.79 Å². The zero-order valence-electron chi connectivity index (χ0n) is 8.27. The number of rotatable bonds is 3. The minimum atomic E-state index is -0.828. The van der Waals surface area contributed by atoms with E-state index < -0.39 is 11.9 Å². The molecule has 76 valence electrons. The van der Waals surface area contributed by atoms with Crippen LogP contribution in [0, 0.1) is 5.92 Å². The predicted molar refractivity (Wildman–Crippen MR) is 53.3 cm³/mol. The molecule has 0 aliphatic rings. The lowest BCUT2D eigenvalue weighted by Gasteiger charge is -2.16. The molecule has 0 heterocycles. The molecule has 1 atom stereocenters. The lowest BCUT2D eigenvalue weighted by Crippen LogP contribution is -2.17. The lowest BCUT2D eigenvalue weighted by molar-refractivity contribution is -0.139. The zero-order valence-corrected chi connectivity index (χ0v) is 8.27. The van der Waals surface area contributed by atoms with Crippen molar-refractivity contribution in [3.8, 4) is 5.75 Å². The molecule has 0 bridgehead atoms. The van der Waals surface area contributed by atoms with Gasteiger partial charge >= 0.3 is 5.97 Å². The molecule has 1 rings (SSSR count). The van der Waals surface area contributed by atoms with E-state index in [-0.39, 0.29) is 11.7 Å². The van der Waals surface area contributed by atoms with Crippen molar-refractivity contribution in [3.63, 3.8) is 0 Å². The number of aromatic hydroxyl groups is 1. The molecule has 0 amide bonds. The standard InChI is InChI=1S/C11H14O3/c1-7(2)10(11(13)14)8-3-5-9(12)6-4-8/h3-7,10,12H,1-2H3,(H,13,14)/t10-/m0/s1. The Morgan fingerprint density at radius 2 is 1.71 bits per heavy atom. The molecular weight excluding hydrogens is 180 g/mol. The van der Waals surface area contributed by atoms with Gasteiger partial charge in [0.15, 0.2) is 0 Å². The molecular formula is C11H14O3. The Balaban J connectivity index is 3.00. The van der Waals surface area contributed by atoms with Gasteiger partial charge < -0.3 is 10.2 Å². The molecule has 0 aliphatic carbocycles. The average molecular weight is 194 g/mol. The SMILES string of the molecule is CC(C)[C@H](C(=O)O)c1ccc(O)cc1. The van der Waals surface area contributed by atoms with E-state index >= 15 is 0 Å². The van der Waals surface area contributed by atoms with Gasteiger partial charge in [-0.25, -0.2) is 0 Å². The van der Waals surface area contributed by atoms with Gasteiger partial charge in [0, 0.05) is 0 Å². The third kappa shape index (κ3) is 2.25. The van der Waals surface area contributed by atoms with Gasteiger partial charge in [0.05, 0.1) is 5.92 Å². The van der Waals surface area contributed by atoms with Crippen LogP contribution in [-0.4, -0.2) is 16.2 Å². The number of aliphatic carboxylic acids is 1. The van der Waals surface area contributed by atoms with E-state index in [1.165, 1.54) is 12.1 Å². The summed E-state index contributed by atoms with van der Waals surface area (Å²) in [6.45, 7) is 3.73. The number of carboxylic acid groups (broad SMARTS) is 1. The maximum absolute atomic E-state index is 11.0. The van der Waals surface area contributed by atoms with Crippen molar-refractivity contribution < 1.29 is 15.0 Å². The van der Waals surface area contributed by atoms with Gasteiger partial charge in [-0.15, -0.1) is 0 Å². The molecule has 0 unspecified atom stereocenters. The highest BCUT2D eigenvalue weighted by molar-refractivity contribution is 5.76. The van der Waals surface area contributed by atoms with Crippen molar-refractivity contribution in [1.29, 1.82) is 0 Å². The summed E-state index contributed by atoms with van der Waals surface area (Å²) in [5.41, 5.74) is 0.727. The minimum absolute atomic E-state index is 0.0389. The van der Waals surface area contributed by atoms with Crippen molar-refractivity contribution >= 4 is 5.97 Å². The Bertz CT molecular complexity index is 314. The van der Waals surface area contributed by atoms with Crippen molar-refractivity contribution in [1.82, 2.24) is 0 Å². The monoisotopic (exact) mass is 194 g/mol. The third-order valence-corrected chi connectivity index (χ3v) is 2.18. The van der Waals surface area contributed by atoms with Gasteiger partial charge in [-0.05, 0) is 23.6 Å². The van der Waals surface area contributed by atoms with Crippen LogP contribution in [0.4, 0.5) is 0 Å². The van der Waals surface area contributed by atoms with Gasteiger partial charge in [0.25, 0.3) is 0 Å². The highest BCUT2D eigenvalue weighted by atomic mass is 16.4. The molecule has 0 radical (unpaired) electrons. The minimum Gasteiger partial charge on any atom is -0.508 e. The maximum atomic E-state index is 11.0. The fourth-order valence-electron chi connectivity index (χ4n) is 1.49. The Morgan fingerprint density at radius 3 is 2.07 bits per heavy atom. The van der Waals surface area contributed by atoms with Crippen LogP contribution in [0.2, 0.25) is 0 Å². The van der Waals surface area contributed by atoms with E-state index in [4.69, 9.17) is 10.2 Å². The fourth-order valence-corrected chi connectivity index (χ4v) is 1.49. The van der Waals surface area contributed by atoms with Gasteiger partial charge in [0.1, 0.15) is 5.75 Å². The van der Waals surface area contributed by atoms with Crippen molar-refractivity contribution in [3.05, 3.63) is 29.8 Å². The molecule has 0 aromatic heterocycles. The predicted octanol–water partition coefficient (Wildman–Crippen LogP) is 2.22. The Morgan fingerprint density at radius 1 is 1.21 bits per heavy atom. The van der Waals surface area contributed by atoms with E-state index in [2.05, 4.69) is 0 Å². The summed E-state index contributed by atoms with van der Waals surface area (Å²) < 4.78 is 0. The molecule has 0 aliphatic heterocycles. The smallest absolute Gasteiger partial charge is 0.311 e. The summed E-state index contributed by atoms with van der Waals surface area (Å²) in [5.74, 6) is -1.14. The van der Waals surface area contributed by atoms with Crippen LogP contribution in [0.25, 0.3) is 0 Å². The second-order valence-corrected chi connectivity index (χ2v) is 3.65. The van der Waals surface area contributed by atoms with Gasteiger partial charge in [-0.1, -0.05) is 26.0 Å². The number of phenolic OH excluding ortho intramolecular Hbond substituents is 1. The Labute approximate surface area is 83.0 Å². The molecule has 1 aromatic carbocycles. The molecule has 0 saturated carbocycles. The lowest BCUT2D eigenvalue weighted by atomic mass is 9.89. The maximum Gasteiger partial charge on any atom is 0.311 e. The Hall–Kier alpha value is -1.51. The second-order valence-electron chi connectivity index (χ2n) is 3.65. The van der Waals surface area contributed by atoms with Crippen LogP contribution >= 0.6 is 0 Å². The van der Waals surface area contributed by atoms with E-state index in [0.717, 1.165) is 5.56 Å². The number of phenols is 1. The van der Waals surface area contributed by atoms with Gasteiger partial charge in [0.2, 0.25) is 0 Å². The molecule has 3 nitrogen and oxygen atoms in total. The molecule has 0 fully saturated rings. The van der Waals surface area contributed by atoms with Crippen LogP contribution < -0.4 is 0 Å². The molecule has 0 spiro atoms.